The number of aromatic carboxylic acids is 1. The van der Waals surface area contributed by atoms with Crippen molar-refractivity contribution in [1.29, 1.82) is 0 Å². The third kappa shape index (κ3) is 3.23. The van der Waals surface area contributed by atoms with Crippen LogP contribution in [0.15, 0.2) is 60.8 Å². The van der Waals surface area contributed by atoms with Crippen molar-refractivity contribution in [2.24, 2.45) is 0 Å². The monoisotopic (exact) mass is 376 g/mol. The predicted molar refractivity (Wildman–Crippen MR) is 102 cm³/mol. The van der Waals surface area contributed by atoms with Gasteiger partial charge in [0, 0.05) is 11.3 Å². The van der Waals surface area contributed by atoms with Crippen LogP contribution in [0.5, 0.6) is 0 Å². The zero-order valence-corrected chi connectivity index (χ0v) is 14.6. The Morgan fingerprint density at radius 2 is 1.93 bits per heavy atom. The third-order valence-electron chi connectivity index (χ3n) is 4.49. The topological polar surface area (TPSA) is 113 Å². The molecule has 28 heavy (non-hydrogen) atoms. The summed E-state index contributed by atoms with van der Waals surface area (Å²) < 4.78 is 1.49. The smallest absolute Gasteiger partial charge is 0.335 e. The van der Waals surface area contributed by atoms with Crippen LogP contribution in [-0.2, 0) is 9.59 Å². The number of hydrogen-bond donors (Lipinski definition) is 3. The predicted octanol–water partition coefficient (Wildman–Crippen LogP) is 2.77. The van der Waals surface area contributed by atoms with E-state index in [0.29, 0.717) is 11.5 Å². The first-order valence-corrected chi connectivity index (χ1v) is 8.60. The van der Waals surface area contributed by atoms with Crippen LogP contribution in [0, 0.1) is 0 Å². The number of carbonyl (C=O) groups excluding carboxylic acids is 2. The molecule has 3 N–H and O–H groups in total. The maximum atomic E-state index is 12.8. The van der Waals surface area contributed by atoms with Gasteiger partial charge in [0.1, 0.15) is 11.9 Å². The molecule has 2 heterocycles. The standard InChI is InChI=1S/C20H16N4O4/c25-17-10-16(19(26)22-14-8-4-7-13(9-14)20(27)28)24-18(23-17)15(11-21-24)12-5-2-1-3-6-12/h1-9,11,16H,10H2,(H,22,26)(H,23,25)(H,27,28). The van der Waals surface area contributed by atoms with Gasteiger partial charge in [0.2, 0.25) is 11.8 Å². The van der Waals surface area contributed by atoms with Gasteiger partial charge in [-0.1, -0.05) is 36.4 Å². The van der Waals surface area contributed by atoms with Gasteiger partial charge < -0.3 is 15.7 Å². The summed E-state index contributed by atoms with van der Waals surface area (Å²) in [7, 11) is 0. The molecule has 0 bridgehead atoms. The second-order valence-electron chi connectivity index (χ2n) is 6.36. The van der Waals surface area contributed by atoms with E-state index in [1.165, 1.54) is 16.8 Å². The van der Waals surface area contributed by atoms with Crippen LogP contribution < -0.4 is 10.6 Å². The average Bonchev–Trinajstić information content (AvgIpc) is 3.11. The van der Waals surface area contributed by atoms with Gasteiger partial charge >= 0.3 is 5.97 Å². The lowest BCUT2D eigenvalue weighted by Crippen LogP contribution is -2.35. The van der Waals surface area contributed by atoms with E-state index >= 15 is 0 Å². The molecule has 3 aromatic rings. The highest BCUT2D eigenvalue weighted by Gasteiger charge is 2.33. The Morgan fingerprint density at radius 3 is 2.68 bits per heavy atom. The molecule has 8 heteroatoms. The van der Waals surface area contributed by atoms with Crippen molar-refractivity contribution in [1.82, 2.24) is 9.78 Å². The molecule has 1 aliphatic rings. The second kappa shape index (κ2) is 6.99. The molecule has 0 fully saturated rings. The fourth-order valence-corrected chi connectivity index (χ4v) is 3.16. The van der Waals surface area contributed by atoms with Gasteiger partial charge in [-0.15, -0.1) is 0 Å². The van der Waals surface area contributed by atoms with E-state index in [2.05, 4.69) is 15.7 Å². The van der Waals surface area contributed by atoms with Crippen molar-refractivity contribution in [3.05, 3.63) is 66.4 Å². The van der Waals surface area contributed by atoms with E-state index in [4.69, 9.17) is 5.11 Å². The lowest BCUT2D eigenvalue weighted by molar-refractivity contribution is -0.125. The summed E-state index contributed by atoms with van der Waals surface area (Å²) in [4.78, 5) is 36.1. The van der Waals surface area contributed by atoms with E-state index in [-0.39, 0.29) is 17.9 Å². The molecule has 2 aromatic carbocycles. The Morgan fingerprint density at radius 1 is 1.14 bits per heavy atom. The molecular weight excluding hydrogens is 360 g/mol. The van der Waals surface area contributed by atoms with Crippen molar-refractivity contribution >= 4 is 29.3 Å². The fourth-order valence-electron chi connectivity index (χ4n) is 3.16. The number of rotatable bonds is 4. The minimum Gasteiger partial charge on any atom is -0.478 e. The van der Waals surface area contributed by atoms with Gasteiger partial charge in [0.25, 0.3) is 0 Å². The third-order valence-corrected chi connectivity index (χ3v) is 4.49. The minimum atomic E-state index is -1.09. The summed E-state index contributed by atoms with van der Waals surface area (Å²) in [5, 5.41) is 18.9. The van der Waals surface area contributed by atoms with E-state index in [0.717, 1.165) is 11.1 Å². The Bertz CT molecular complexity index is 1070. The Labute approximate surface area is 159 Å². The van der Waals surface area contributed by atoms with Crippen molar-refractivity contribution in [2.75, 3.05) is 10.6 Å². The number of fused-ring (bicyclic) bond motifs is 1. The number of carboxylic acids is 1. The maximum absolute atomic E-state index is 12.8. The first-order valence-electron chi connectivity index (χ1n) is 8.60. The number of anilines is 2. The zero-order valence-electron chi connectivity index (χ0n) is 14.6. The van der Waals surface area contributed by atoms with Crippen LogP contribution in [-0.4, -0.2) is 32.7 Å². The fraction of sp³-hybridized carbons (Fsp3) is 0.100. The second-order valence-corrected chi connectivity index (χ2v) is 6.36. The lowest BCUT2D eigenvalue weighted by Gasteiger charge is -2.24. The summed E-state index contributed by atoms with van der Waals surface area (Å²) in [6.45, 7) is 0. The van der Waals surface area contributed by atoms with Gasteiger partial charge in [-0.05, 0) is 23.8 Å². The van der Waals surface area contributed by atoms with Gasteiger partial charge in [-0.3, -0.25) is 9.59 Å². The minimum absolute atomic E-state index is 0.0605. The summed E-state index contributed by atoms with van der Waals surface area (Å²) in [6, 6.07) is 14.5. The highest BCUT2D eigenvalue weighted by molar-refractivity contribution is 6.03. The number of aromatic nitrogens is 2. The molecule has 140 valence electrons. The van der Waals surface area contributed by atoms with E-state index in [9.17, 15) is 14.4 Å². The molecule has 4 rings (SSSR count). The molecule has 0 saturated carbocycles. The number of benzene rings is 2. The number of carbonyl (C=O) groups is 3. The molecule has 1 unspecified atom stereocenters. The number of nitrogens with one attached hydrogen (secondary N) is 2. The molecule has 1 aliphatic heterocycles. The quantitative estimate of drug-likeness (QED) is 0.648. The molecule has 1 atom stereocenters. The summed E-state index contributed by atoms with van der Waals surface area (Å²) in [6.07, 6.45) is 1.55. The first-order chi connectivity index (χ1) is 13.5. The molecule has 0 spiro atoms. The highest BCUT2D eigenvalue weighted by Crippen LogP contribution is 2.34. The molecule has 8 nitrogen and oxygen atoms in total. The van der Waals surface area contributed by atoms with Crippen LogP contribution in [0.25, 0.3) is 11.1 Å². The van der Waals surface area contributed by atoms with E-state index < -0.39 is 17.9 Å². The van der Waals surface area contributed by atoms with Crippen LogP contribution in [0.3, 0.4) is 0 Å². The van der Waals surface area contributed by atoms with Gasteiger partial charge in [0.05, 0.1) is 18.2 Å². The van der Waals surface area contributed by atoms with E-state index in [1.807, 2.05) is 30.3 Å². The van der Waals surface area contributed by atoms with Crippen molar-refractivity contribution in [3.63, 3.8) is 0 Å². The average molecular weight is 376 g/mol. The van der Waals surface area contributed by atoms with Crippen molar-refractivity contribution in [3.8, 4) is 11.1 Å². The number of hydrogen-bond acceptors (Lipinski definition) is 4. The summed E-state index contributed by atoms with van der Waals surface area (Å²) in [5.74, 6) is -1.36. The molecule has 2 amide bonds. The van der Waals surface area contributed by atoms with Crippen molar-refractivity contribution in [2.45, 2.75) is 12.5 Å². The zero-order chi connectivity index (χ0) is 19.7. The maximum Gasteiger partial charge on any atom is 0.335 e. The first kappa shape index (κ1) is 17.5. The number of amides is 2. The van der Waals surface area contributed by atoms with Crippen LogP contribution >= 0.6 is 0 Å². The molecule has 1 aromatic heterocycles. The largest absolute Gasteiger partial charge is 0.478 e. The highest BCUT2D eigenvalue weighted by atomic mass is 16.4. The Hall–Kier alpha value is -3.94. The Balaban J connectivity index is 1.64. The molecule has 0 radical (unpaired) electrons. The summed E-state index contributed by atoms with van der Waals surface area (Å²) in [5.41, 5.74) is 2.00. The number of carboxylic acid groups (broad SMARTS) is 1. The normalized spacial score (nSPS) is 15.4. The lowest BCUT2D eigenvalue weighted by atomic mass is 10.1. The number of nitrogens with zero attached hydrogens (tertiary/aromatic N) is 2. The van der Waals surface area contributed by atoms with E-state index in [1.54, 1.807) is 18.3 Å². The SMILES string of the molecule is O=C1CC(C(=O)Nc2cccc(C(=O)O)c2)n2ncc(-c3ccccc3)c2N1. The molecular formula is C20H16N4O4. The van der Waals surface area contributed by atoms with Crippen LogP contribution in [0.1, 0.15) is 22.8 Å². The van der Waals surface area contributed by atoms with Gasteiger partial charge in [-0.2, -0.15) is 5.10 Å². The Kier molecular flexibility index (Phi) is 4.36. The molecule has 0 aliphatic carbocycles. The van der Waals surface area contributed by atoms with Crippen LogP contribution in [0.4, 0.5) is 11.5 Å². The van der Waals surface area contributed by atoms with Gasteiger partial charge in [-0.25, -0.2) is 9.48 Å². The van der Waals surface area contributed by atoms with Gasteiger partial charge in [0.15, 0.2) is 0 Å². The van der Waals surface area contributed by atoms with Crippen molar-refractivity contribution < 1.29 is 19.5 Å². The molecule has 0 saturated heterocycles. The summed E-state index contributed by atoms with van der Waals surface area (Å²) >= 11 is 0. The van der Waals surface area contributed by atoms with Crippen LogP contribution in [0.2, 0.25) is 0 Å².